The lowest BCUT2D eigenvalue weighted by Gasteiger charge is -2.12. The van der Waals surface area contributed by atoms with Gasteiger partial charge in [-0.3, -0.25) is 9.59 Å². The van der Waals surface area contributed by atoms with Crippen molar-refractivity contribution in [3.8, 4) is 0 Å². The maximum Gasteiger partial charge on any atom is 0.256 e. The number of carbonyl (C=O) groups is 2. The first-order valence-electron chi connectivity index (χ1n) is 5.63. The van der Waals surface area contributed by atoms with E-state index < -0.39 is 6.04 Å². The molecule has 5 nitrogen and oxygen atoms in total. The summed E-state index contributed by atoms with van der Waals surface area (Å²) in [5.41, 5.74) is 6.95. The van der Waals surface area contributed by atoms with Gasteiger partial charge in [0, 0.05) is 5.69 Å². The molecule has 1 atom stereocenters. The minimum Gasteiger partial charge on any atom is -0.398 e. The molecule has 0 saturated carbocycles. The predicted octanol–water partition coefficient (Wildman–Crippen LogP) is 1.12. The van der Waals surface area contributed by atoms with Gasteiger partial charge in [0.05, 0.1) is 11.3 Å². The monoisotopic (exact) mass is 233 g/mol. The van der Waals surface area contributed by atoms with Crippen LogP contribution in [0.5, 0.6) is 0 Å². The fourth-order valence-electron chi connectivity index (χ4n) is 1.94. The number of nitrogens with one attached hydrogen (secondary N) is 2. The van der Waals surface area contributed by atoms with Gasteiger partial charge in [-0.1, -0.05) is 19.4 Å². The first kappa shape index (κ1) is 11.4. The van der Waals surface area contributed by atoms with E-state index in [1.54, 1.807) is 18.2 Å². The summed E-state index contributed by atoms with van der Waals surface area (Å²) >= 11 is 0. The molecule has 17 heavy (non-hydrogen) atoms. The molecule has 2 amide bonds. The van der Waals surface area contributed by atoms with E-state index in [1.165, 1.54) is 0 Å². The van der Waals surface area contributed by atoms with E-state index in [0.717, 1.165) is 6.42 Å². The Labute approximate surface area is 99.4 Å². The Kier molecular flexibility index (Phi) is 2.99. The van der Waals surface area contributed by atoms with Crippen molar-refractivity contribution in [1.82, 2.24) is 5.32 Å². The number of anilines is 2. The zero-order chi connectivity index (χ0) is 12.4. The molecule has 1 aliphatic rings. The van der Waals surface area contributed by atoms with Gasteiger partial charge in [-0.25, -0.2) is 0 Å². The van der Waals surface area contributed by atoms with E-state index in [4.69, 9.17) is 5.73 Å². The number of nitrogens with two attached hydrogens (primary N) is 1. The highest BCUT2D eigenvalue weighted by Crippen LogP contribution is 2.24. The van der Waals surface area contributed by atoms with Gasteiger partial charge in [0.2, 0.25) is 5.91 Å². The molecule has 1 aromatic rings. The fourth-order valence-corrected chi connectivity index (χ4v) is 1.94. The van der Waals surface area contributed by atoms with Gasteiger partial charge in [-0.15, -0.1) is 0 Å². The second-order valence-corrected chi connectivity index (χ2v) is 4.07. The van der Waals surface area contributed by atoms with Gasteiger partial charge in [0.15, 0.2) is 0 Å². The number of amides is 2. The van der Waals surface area contributed by atoms with Crippen LogP contribution >= 0.6 is 0 Å². The van der Waals surface area contributed by atoms with Crippen LogP contribution in [0.3, 0.4) is 0 Å². The number of rotatable bonds is 2. The molecule has 0 spiro atoms. The summed E-state index contributed by atoms with van der Waals surface area (Å²) in [5.74, 6) is -0.487. The summed E-state index contributed by atoms with van der Waals surface area (Å²) in [6, 6.07) is 4.55. The number of benzene rings is 1. The molecule has 1 aromatic carbocycles. The summed E-state index contributed by atoms with van der Waals surface area (Å²) in [6.45, 7) is 1.96. The van der Waals surface area contributed by atoms with Crippen LogP contribution in [0.15, 0.2) is 18.2 Å². The van der Waals surface area contributed by atoms with Crippen molar-refractivity contribution in [1.29, 1.82) is 0 Å². The SMILES string of the molecule is CCC[C@@H]1NC(=O)c2c(N)cccc2NC1=O. The Balaban J connectivity index is 2.40. The Bertz CT molecular complexity index is 471. The van der Waals surface area contributed by atoms with Crippen LogP contribution in [0.4, 0.5) is 11.4 Å². The lowest BCUT2D eigenvalue weighted by molar-refractivity contribution is -0.118. The maximum absolute atomic E-state index is 12.0. The molecular formula is C12H15N3O2. The molecule has 4 N–H and O–H groups in total. The van der Waals surface area contributed by atoms with E-state index in [2.05, 4.69) is 10.6 Å². The van der Waals surface area contributed by atoms with Crippen molar-refractivity contribution in [2.75, 3.05) is 11.1 Å². The largest absolute Gasteiger partial charge is 0.398 e. The second-order valence-electron chi connectivity index (χ2n) is 4.07. The van der Waals surface area contributed by atoms with Crippen molar-refractivity contribution in [3.63, 3.8) is 0 Å². The van der Waals surface area contributed by atoms with Gasteiger partial charge >= 0.3 is 0 Å². The number of nitrogen functional groups attached to an aromatic ring is 1. The third kappa shape index (κ3) is 2.08. The Hall–Kier alpha value is -2.04. The molecule has 0 radical (unpaired) electrons. The van der Waals surface area contributed by atoms with E-state index in [0.29, 0.717) is 23.4 Å². The van der Waals surface area contributed by atoms with Crippen molar-refractivity contribution in [2.45, 2.75) is 25.8 Å². The van der Waals surface area contributed by atoms with Crippen LogP contribution in [0.2, 0.25) is 0 Å². The zero-order valence-electron chi connectivity index (χ0n) is 9.62. The average Bonchev–Trinajstić information content (AvgIpc) is 2.38. The molecule has 0 aliphatic carbocycles. The molecule has 5 heteroatoms. The van der Waals surface area contributed by atoms with Crippen molar-refractivity contribution < 1.29 is 9.59 Å². The van der Waals surface area contributed by atoms with Gasteiger partial charge in [-0.05, 0) is 18.6 Å². The van der Waals surface area contributed by atoms with Crippen LogP contribution in [-0.2, 0) is 4.79 Å². The van der Waals surface area contributed by atoms with E-state index in [9.17, 15) is 9.59 Å². The van der Waals surface area contributed by atoms with Crippen LogP contribution in [0, 0.1) is 0 Å². The minimum absolute atomic E-state index is 0.190. The number of carbonyl (C=O) groups excluding carboxylic acids is 2. The molecule has 0 bridgehead atoms. The summed E-state index contributed by atoms with van der Waals surface area (Å²) in [7, 11) is 0. The normalized spacial score (nSPS) is 19.0. The van der Waals surface area contributed by atoms with Gasteiger partial charge in [0.25, 0.3) is 5.91 Å². The van der Waals surface area contributed by atoms with Crippen molar-refractivity contribution >= 4 is 23.2 Å². The molecule has 0 saturated heterocycles. The van der Waals surface area contributed by atoms with Gasteiger partial charge < -0.3 is 16.4 Å². The molecule has 1 heterocycles. The quantitative estimate of drug-likeness (QED) is 0.669. The maximum atomic E-state index is 12.0. The van der Waals surface area contributed by atoms with Crippen LogP contribution in [0.25, 0.3) is 0 Å². The number of fused-ring (bicyclic) bond motifs is 1. The van der Waals surface area contributed by atoms with E-state index >= 15 is 0 Å². The Morgan fingerprint density at radius 2 is 2.12 bits per heavy atom. The van der Waals surface area contributed by atoms with E-state index in [-0.39, 0.29) is 11.8 Å². The summed E-state index contributed by atoms with van der Waals surface area (Å²) in [6.07, 6.45) is 1.44. The van der Waals surface area contributed by atoms with Crippen LogP contribution in [-0.4, -0.2) is 17.9 Å². The minimum atomic E-state index is -0.487. The standard InChI is InChI=1S/C12H15N3O2/c1-2-4-9-11(16)14-8-6-3-5-7(13)10(8)12(17)15-9/h3,5-6,9H,2,4,13H2,1H3,(H,14,16)(H,15,17)/t9-/m0/s1. The smallest absolute Gasteiger partial charge is 0.256 e. The lowest BCUT2D eigenvalue weighted by Crippen LogP contribution is -2.41. The highest BCUT2D eigenvalue weighted by molar-refractivity contribution is 6.12. The molecule has 1 aliphatic heterocycles. The molecule has 2 rings (SSSR count). The van der Waals surface area contributed by atoms with Crippen LogP contribution < -0.4 is 16.4 Å². The molecule has 90 valence electrons. The predicted molar refractivity (Wildman–Crippen MR) is 65.6 cm³/mol. The van der Waals surface area contributed by atoms with Gasteiger partial charge in [0.1, 0.15) is 6.04 Å². The summed E-state index contributed by atoms with van der Waals surface area (Å²) in [5, 5.41) is 5.42. The van der Waals surface area contributed by atoms with E-state index in [1.807, 2.05) is 6.92 Å². The highest BCUT2D eigenvalue weighted by Gasteiger charge is 2.28. The third-order valence-electron chi connectivity index (χ3n) is 2.78. The van der Waals surface area contributed by atoms with Crippen molar-refractivity contribution in [3.05, 3.63) is 23.8 Å². The molecule has 0 fully saturated rings. The second kappa shape index (κ2) is 4.45. The fraction of sp³-hybridized carbons (Fsp3) is 0.333. The number of hydrogen-bond acceptors (Lipinski definition) is 3. The van der Waals surface area contributed by atoms with Crippen molar-refractivity contribution in [2.24, 2.45) is 0 Å². The number of hydrogen-bond donors (Lipinski definition) is 3. The Morgan fingerprint density at radius 1 is 1.35 bits per heavy atom. The summed E-state index contributed by atoms with van der Waals surface area (Å²) < 4.78 is 0. The third-order valence-corrected chi connectivity index (χ3v) is 2.78. The lowest BCUT2D eigenvalue weighted by atomic mass is 10.1. The van der Waals surface area contributed by atoms with Gasteiger partial charge in [-0.2, -0.15) is 0 Å². The first-order chi connectivity index (χ1) is 8.13. The average molecular weight is 233 g/mol. The van der Waals surface area contributed by atoms with Crippen LogP contribution in [0.1, 0.15) is 30.1 Å². The topological polar surface area (TPSA) is 84.2 Å². The molecular weight excluding hydrogens is 218 g/mol. The Morgan fingerprint density at radius 3 is 2.82 bits per heavy atom. The molecule has 0 unspecified atom stereocenters. The highest BCUT2D eigenvalue weighted by atomic mass is 16.2. The first-order valence-corrected chi connectivity index (χ1v) is 5.63. The summed E-state index contributed by atoms with van der Waals surface area (Å²) in [4.78, 5) is 23.8. The molecule has 0 aromatic heterocycles. The zero-order valence-corrected chi connectivity index (χ0v) is 9.62.